The van der Waals surface area contributed by atoms with Crippen LogP contribution >= 0.6 is 36.4 Å². The molecule has 0 aromatic heterocycles. The zero-order chi connectivity index (χ0) is 12.5. The molecule has 4 nitrogen and oxygen atoms in total. The van der Waals surface area contributed by atoms with Crippen molar-refractivity contribution >= 4 is 36.4 Å². The lowest BCUT2D eigenvalue weighted by molar-refractivity contribution is 0.141. The standard InChI is InChI=1S/C15H21ClN2.2ClH.2H2O/c1-11-14-4-3-13(16)10-12(14)2-5-15(11)18-8-6-17-7-9-18;;;;/h3-4,10-11,15,17H,2,5-9H2,1H3;2*1H;2*1H2/t11-,15+;;;;/m0..../s1. The van der Waals surface area contributed by atoms with Crippen LogP contribution in [0.1, 0.15) is 30.4 Å². The Labute approximate surface area is 150 Å². The Kier molecular flexibility index (Phi) is 11.7. The van der Waals surface area contributed by atoms with Crippen molar-refractivity contribution in [2.75, 3.05) is 26.2 Å². The summed E-state index contributed by atoms with van der Waals surface area (Å²) in [6.07, 6.45) is 2.45. The van der Waals surface area contributed by atoms with E-state index in [-0.39, 0.29) is 35.8 Å². The van der Waals surface area contributed by atoms with Crippen LogP contribution in [0.3, 0.4) is 0 Å². The Morgan fingerprint density at radius 1 is 1.14 bits per heavy atom. The summed E-state index contributed by atoms with van der Waals surface area (Å²) in [5.41, 5.74) is 2.97. The molecule has 1 aliphatic heterocycles. The van der Waals surface area contributed by atoms with Gasteiger partial charge in [0.25, 0.3) is 0 Å². The van der Waals surface area contributed by atoms with E-state index in [0.29, 0.717) is 12.0 Å². The quantitative estimate of drug-likeness (QED) is 0.815. The van der Waals surface area contributed by atoms with Crippen LogP contribution in [-0.2, 0) is 6.42 Å². The molecule has 0 radical (unpaired) electrons. The number of piperazine rings is 1. The van der Waals surface area contributed by atoms with Gasteiger partial charge in [-0.15, -0.1) is 24.8 Å². The van der Waals surface area contributed by atoms with E-state index in [2.05, 4.69) is 29.3 Å². The van der Waals surface area contributed by atoms with Crippen LogP contribution in [0.5, 0.6) is 0 Å². The Balaban J connectivity index is 0. The summed E-state index contributed by atoms with van der Waals surface area (Å²) in [7, 11) is 0. The molecule has 22 heavy (non-hydrogen) atoms. The van der Waals surface area contributed by atoms with E-state index in [1.54, 1.807) is 0 Å². The van der Waals surface area contributed by atoms with E-state index in [4.69, 9.17) is 11.6 Å². The molecule has 3 rings (SSSR count). The first kappa shape index (κ1) is 24.2. The number of hydrogen-bond acceptors (Lipinski definition) is 2. The second-order valence-corrected chi connectivity index (χ2v) is 5.96. The predicted octanol–water partition coefficient (Wildman–Crippen LogP) is 1.86. The minimum Gasteiger partial charge on any atom is -0.412 e. The third-order valence-corrected chi connectivity index (χ3v) is 4.74. The zero-order valence-electron chi connectivity index (χ0n) is 12.8. The molecular weight excluding hydrogens is 347 g/mol. The van der Waals surface area contributed by atoms with Crippen LogP contribution in [0, 0.1) is 0 Å². The molecule has 5 N–H and O–H groups in total. The number of halogens is 3. The minimum absolute atomic E-state index is 0. The fraction of sp³-hybridized carbons (Fsp3) is 0.600. The number of benzene rings is 1. The van der Waals surface area contributed by atoms with Crippen LogP contribution in [-0.4, -0.2) is 48.1 Å². The molecule has 1 aromatic rings. The normalized spacial score (nSPS) is 23.7. The van der Waals surface area contributed by atoms with Gasteiger partial charge >= 0.3 is 0 Å². The van der Waals surface area contributed by atoms with Crippen molar-refractivity contribution < 1.29 is 11.0 Å². The number of aryl methyl sites for hydroxylation is 1. The lowest BCUT2D eigenvalue weighted by atomic mass is 9.79. The molecular formula is C15H27Cl3N2O2. The van der Waals surface area contributed by atoms with Gasteiger partial charge < -0.3 is 16.3 Å². The van der Waals surface area contributed by atoms with Gasteiger partial charge in [0, 0.05) is 37.2 Å². The lowest BCUT2D eigenvalue weighted by Crippen LogP contribution is -2.51. The smallest absolute Gasteiger partial charge is 0.0408 e. The van der Waals surface area contributed by atoms with Gasteiger partial charge in [-0.2, -0.15) is 0 Å². The van der Waals surface area contributed by atoms with Crippen molar-refractivity contribution in [3.8, 4) is 0 Å². The number of nitrogens with one attached hydrogen (secondary N) is 1. The fourth-order valence-corrected chi connectivity index (χ4v) is 3.70. The van der Waals surface area contributed by atoms with Crippen molar-refractivity contribution in [1.29, 1.82) is 0 Å². The van der Waals surface area contributed by atoms with E-state index < -0.39 is 0 Å². The highest BCUT2D eigenvalue weighted by Gasteiger charge is 2.31. The summed E-state index contributed by atoms with van der Waals surface area (Å²) in [4.78, 5) is 2.67. The molecule has 1 fully saturated rings. The predicted molar refractivity (Wildman–Crippen MR) is 98.1 cm³/mol. The molecule has 2 aliphatic rings. The summed E-state index contributed by atoms with van der Waals surface area (Å²) >= 11 is 6.09. The Morgan fingerprint density at radius 2 is 1.77 bits per heavy atom. The lowest BCUT2D eigenvalue weighted by Gasteiger charge is -2.41. The highest BCUT2D eigenvalue weighted by Crippen LogP contribution is 2.35. The van der Waals surface area contributed by atoms with Crippen LogP contribution < -0.4 is 5.32 Å². The van der Waals surface area contributed by atoms with Crippen LogP contribution in [0.25, 0.3) is 0 Å². The molecule has 0 bridgehead atoms. The summed E-state index contributed by atoms with van der Waals surface area (Å²) < 4.78 is 0. The van der Waals surface area contributed by atoms with Crippen molar-refractivity contribution in [3.05, 3.63) is 34.3 Å². The second-order valence-electron chi connectivity index (χ2n) is 5.52. The van der Waals surface area contributed by atoms with E-state index in [0.717, 1.165) is 18.1 Å². The van der Waals surface area contributed by atoms with E-state index in [1.807, 2.05) is 6.07 Å². The number of hydrogen-bond donors (Lipinski definition) is 1. The first-order valence-electron chi connectivity index (χ1n) is 6.99. The molecule has 130 valence electrons. The highest BCUT2D eigenvalue weighted by molar-refractivity contribution is 6.30. The van der Waals surface area contributed by atoms with E-state index >= 15 is 0 Å². The maximum atomic E-state index is 6.09. The highest BCUT2D eigenvalue weighted by atomic mass is 35.5. The monoisotopic (exact) mass is 372 g/mol. The average Bonchev–Trinajstić information content (AvgIpc) is 2.40. The Bertz CT molecular complexity index is 443. The Hall–Kier alpha value is -0.0700. The van der Waals surface area contributed by atoms with E-state index in [1.165, 1.54) is 37.1 Å². The molecule has 1 saturated heterocycles. The molecule has 7 heteroatoms. The first-order chi connectivity index (χ1) is 8.75. The van der Waals surface area contributed by atoms with Crippen molar-refractivity contribution in [3.63, 3.8) is 0 Å². The second kappa shape index (κ2) is 10.7. The maximum Gasteiger partial charge on any atom is 0.0408 e. The van der Waals surface area contributed by atoms with Gasteiger partial charge in [0.1, 0.15) is 0 Å². The third-order valence-electron chi connectivity index (χ3n) is 4.50. The molecule has 2 atom stereocenters. The summed E-state index contributed by atoms with van der Waals surface area (Å²) in [6, 6.07) is 7.13. The average molecular weight is 374 g/mol. The first-order valence-corrected chi connectivity index (χ1v) is 7.36. The molecule has 0 unspecified atom stereocenters. The van der Waals surface area contributed by atoms with Crippen molar-refractivity contribution in [2.24, 2.45) is 0 Å². The number of fused-ring (bicyclic) bond motifs is 1. The molecule has 0 saturated carbocycles. The summed E-state index contributed by atoms with van der Waals surface area (Å²) in [5, 5.41) is 4.31. The van der Waals surface area contributed by atoms with Gasteiger partial charge in [-0.25, -0.2) is 0 Å². The Morgan fingerprint density at radius 3 is 2.41 bits per heavy atom. The molecule has 1 aromatic carbocycles. The SMILES string of the molecule is C[C@H]1c2ccc(Cl)cc2CC[C@H]1N1CCNCC1.Cl.Cl.O.O. The van der Waals surface area contributed by atoms with Crippen molar-refractivity contribution in [1.82, 2.24) is 10.2 Å². The molecule has 0 amide bonds. The molecule has 1 aliphatic carbocycles. The molecule has 0 spiro atoms. The fourth-order valence-electron chi connectivity index (χ4n) is 3.51. The van der Waals surface area contributed by atoms with Crippen molar-refractivity contribution in [2.45, 2.75) is 31.7 Å². The van der Waals surface area contributed by atoms with Gasteiger partial charge in [-0.05, 0) is 42.0 Å². The largest absolute Gasteiger partial charge is 0.412 e. The summed E-state index contributed by atoms with van der Waals surface area (Å²) in [5.74, 6) is 0.629. The minimum atomic E-state index is 0. The van der Waals surface area contributed by atoms with Gasteiger partial charge in [0.2, 0.25) is 0 Å². The van der Waals surface area contributed by atoms with Crippen LogP contribution in [0.2, 0.25) is 5.02 Å². The van der Waals surface area contributed by atoms with Crippen LogP contribution in [0.4, 0.5) is 0 Å². The maximum absolute atomic E-state index is 6.09. The zero-order valence-corrected chi connectivity index (χ0v) is 15.2. The third kappa shape index (κ3) is 4.96. The summed E-state index contributed by atoms with van der Waals surface area (Å²) in [6.45, 7) is 7.03. The van der Waals surface area contributed by atoms with Gasteiger partial charge in [-0.3, -0.25) is 4.90 Å². The topological polar surface area (TPSA) is 78.3 Å². The molecule has 1 heterocycles. The van der Waals surface area contributed by atoms with Gasteiger partial charge in [0.05, 0.1) is 0 Å². The van der Waals surface area contributed by atoms with Gasteiger partial charge in [-0.1, -0.05) is 24.6 Å². The van der Waals surface area contributed by atoms with E-state index in [9.17, 15) is 0 Å². The van der Waals surface area contributed by atoms with Crippen LogP contribution in [0.15, 0.2) is 18.2 Å². The van der Waals surface area contributed by atoms with Gasteiger partial charge in [0.15, 0.2) is 0 Å². The number of nitrogens with zero attached hydrogens (tertiary/aromatic N) is 1. The number of rotatable bonds is 1.